The molecule has 0 radical (unpaired) electrons. The van der Waals surface area contributed by atoms with Gasteiger partial charge in [-0.2, -0.15) is 5.10 Å². The Morgan fingerprint density at radius 1 is 1.18 bits per heavy atom. The molecular weight excluding hydrogens is 274 g/mol. The van der Waals surface area contributed by atoms with Gasteiger partial charge in [0.25, 0.3) is 5.91 Å². The molecule has 0 saturated heterocycles. The summed E-state index contributed by atoms with van der Waals surface area (Å²) in [6.07, 6.45) is 2.87. The molecule has 2 heterocycles. The first-order valence-electron chi connectivity index (χ1n) is 7.45. The number of amides is 1. The topological polar surface area (TPSA) is 57.2 Å². The normalized spacial score (nSPS) is 16.0. The summed E-state index contributed by atoms with van der Waals surface area (Å²) < 4.78 is 0. The first kappa shape index (κ1) is 14.3. The molecule has 22 heavy (non-hydrogen) atoms. The molecule has 2 aromatic rings. The first-order valence-corrected chi connectivity index (χ1v) is 7.45. The van der Waals surface area contributed by atoms with E-state index in [0.29, 0.717) is 11.3 Å². The van der Waals surface area contributed by atoms with Gasteiger partial charge in [-0.15, -0.1) is 0 Å². The van der Waals surface area contributed by atoms with Gasteiger partial charge >= 0.3 is 0 Å². The number of aromatic amines is 1. The zero-order chi connectivity index (χ0) is 15.7. The molecule has 112 valence electrons. The van der Waals surface area contributed by atoms with Crippen LogP contribution in [0.4, 0.5) is 0 Å². The highest BCUT2D eigenvalue weighted by Crippen LogP contribution is 2.23. The Morgan fingerprint density at radius 2 is 1.91 bits per heavy atom. The van der Waals surface area contributed by atoms with Gasteiger partial charge in [-0.25, -0.2) is 5.43 Å². The predicted molar refractivity (Wildman–Crippen MR) is 88.7 cm³/mol. The van der Waals surface area contributed by atoms with E-state index in [0.717, 1.165) is 23.4 Å². The number of nitrogens with one attached hydrogen (secondary N) is 2. The number of carbonyl (C=O) groups is 1. The molecule has 0 fully saturated rings. The molecule has 1 aromatic heterocycles. The Hall–Kier alpha value is -2.62. The van der Waals surface area contributed by atoms with Crippen LogP contribution in [0.5, 0.6) is 0 Å². The standard InChI is InChI=1S/C18H19N3O/c1-4-14-11(2)16(19-12(14)3)10-15-17(20-21-18(15)22)13-8-6-5-7-9-13/h5-10,19H,4H2,1-3H3,(H,21,22). The van der Waals surface area contributed by atoms with Crippen molar-refractivity contribution in [3.8, 4) is 0 Å². The summed E-state index contributed by atoms with van der Waals surface area (Å²) in [7, 11) is 0. The third-order valence-electron chi connectivity index (χ3n) is 4.09. The largest absolute Gasteiger partial charge is 0.359 e. The lowest BCUT2D eigenvalue weighted by Gasteiger charge is -2.02. The van der Waals surface area contributed by atoms with Crippen LogP contribution in [0.25, 0.3) is 6.08 Å². The molecule has 4 heteroatoms. The fraction of sp³-hybridized carbons (Fsp3) is 0.222. The number of rotatable bonds is 3. The molecule has 0 aliphatic carbocycles. The summed E-state index contributed by atoms with van der Waals surface area (Å²) in [5, 5.41) is 4.18. The minimum absolute atomic E-state index is 0.163. The summed E-state index contributed by atoms with van der Waals surface area (Å²) >= 11 is 0. The maximum Gasteiger partial charge on any atom is 0.273 e. The van der Waals surface area contributed by atoms with E-state index >= 15 is 0 Å². The summed E-state index contributed by atoms with van der Waals surface area (Å²) in [5.41, 5.74) is 9.42. The molecule has 1 aromatic carbocycles. The van der Waals surface area contributed by atoms with Crippen molar-refractivity contribution in [1.29, 1.82) is 0 Å². The maximum atomic E-state index is 12.1. The van der Waals surface area contributed by atoms with Gasteiger partial charge in [0.1, 0.15) is 5.71 Å². The van der Waals surface area contributed by atoms with E-state index in [9.17, 15) is 4.79 Å². The Morgan fingerprint density at radius 3 is 2.55 bits per heavy atom. The van der Waals surface area contributed by atoms with Crippen LogP contribution in [0.3, 0.4) is 0 Å². The van der Waals surface area contributed by atoms with Gasteiger partial charge in [-0.05, 0) is 37.5 Å². The van der Waals surface area contributed by atoms with Gasteiger partial charge in [0, 0.05) is 17.0 Å². The second-order valence-corrected chi connectivity index (χ2v) is 5.45. The number of benzene rings is 1. The van der Waals surface area contributed by atoms with Gasteiger partial charge in [0.2, 0.25) is 0 Å². The molecule has 1 amide bonds. The van der Waals surface area contributed by atoms with Crippen molar-refractivity contribution >= 4 is 17.7 Å². The second-order valence-electron chi connectivity index (χ2n) is 5.45. The number of hydrogen-bond donors (Lipinski definition) is 2. The van der Waals surface area contributed by atoms with E-state index in [1.165, 1.54) is 11.1 Å². The van der Waals surface area contributed by atoms with Crippen molar-refractivity contribution in [3.63, 3.8) is 0 Å². The minimum atomic E-state index is -0.163. The zero-order valence-electron chi connectivity index (χ0n) is 13.0. The quantitative estimate of drug-likeness (QED) is 0.839. The van der Waals surface area contributed by atoms with E-state index in [4.69, 9.17) is 0 Å². The summed E-state index contributed by atoms with van der Waals surface area (Å²) in [4.78, 5) is 15.5. The number of hydrazone groups is 1. The Kier molecular flexibility index (Phi) is 3.67. The zero-order valence-corrected chi connectivity index (χ0v) is 13.0. The molecule has 0 bridgehead atoms. The Balaban J connectivity index is 2.06. The molecular formula is C18H19N3O. The van der Waals surface area contributed by atoms with Crippen LogP contribution in [0.15, 0.2) is 41.0 Å². The fourth-order valence-corrected chi connectivity index (χ4v) is 2.92. The van der Waals surface area contributed by atoms with Gasteiger partial charge in [0.05, 0.1) is 5.57 Å². The highest BCUT2D eigenvalue weighted by Gasteiger charge is 2.24. The molecule has 1 aliphatic rings. The molecule has 0 unspecified atom stereocenters. The van der Waals surface area contributed by atoms with Gasteiger partial charge in [-0.3, -0.25) is 4.79 Å². The van der Waals surface area contributed by atoms with Crippen molar-refractivity contribution in [2.45, 2.75) is 27.2 Å². The Labute approximate surface area is 129 Å². The van der Waals surface area contributed by atoms with Gasteiger partial charge in [0.15, 0.2) is 0 Å². The molecule has 2 N–H and O–H groups in total. The van der Waals surface area contributed by atoms with Crippen LogP contribution in [0, 0.1) is 13.8 Å². The SMILES string of the molecule is CCc1c(C)[nH]c(C=C2C(=O)NN=C2c2ccccc2)c1C. The number of carbonyl (C=O) groups excluding carboxylic acids is 1. The van der Waals surface area contributed by atoms with Gasteiger partial charge < -0.3 is 4.98 Å². The van der Waals surface area contributed by atoms with E-state index < -0.39 is 0 Å². The number of aryl methyl sites for hydroxylation is 1. The highest BCUT2D eigenvalue weighted by molar-refractivity contribution is 6.33. The molecule has 0 spiro atoms. The number of H-pyrrole nitrogens is 1. The van der Waals surface area contributed by atoms with E-state index in [2.05, 4.69) is 36.3 Å². The summed E-state index contributed by atoms with van der Waals surface area (Å²) in [5.74, 6) is -0.163. The fourth-order valence-electron chi connectivity index (χ4n) is 2.92. The van der Waals surface area contributed by atoms with Crippen LogP contribution in [0.2, 0.25) is 0 Å². The molecule has 4 nitrogen and oxygen atoms in total. The Bertz CT molecular complexity index is 782. The van der Waals surface area contributed by atoms with Crippen molar-refractivity contribution in [3.05, 3.63) is 64.0 Å². The maximum absolute atomic E-state index is 12.1. The van der Waals surface area contributed by atoms with Crippen LogP contribution in [-0.4, -0.2) is 16.6 Å². The smallest absolute Gasteiger partial charge is 0.273 e. The molecule has 1 aliphatic heterocycles. The van der Waals surface area contributed by atoms with Crippen LogP contribution < -0.4 is 5.43 Å². The lowest BCUT2D eigenvalue weighted by molar-refractivity contribution is -0.116. The summed E-state index contributed by atoms with van der Waals surface area (Å²) in [6, 6.07) is 9.74. The first-order chi connectivity index (χ1) is 10.6. The predicted octanol–water partition coefficient (Wildman–Crippen LogP) is 3.11. The van der Waals surface area contributed by atoms with Crippen LogP contribution in [0.1, 0.15) is 35.0 Å². The third kappa shape index (κ3) is 2.37. The second kappa shape index (κ2) is 5.64. The van der Waals surface area contributed by atoms with Crippen molar-refractivity contribution in [2.24, 2.45) is 5.10 Å². The number of nitrogens with zero attached hydrogens (tertiary/aromatic N) is 1. The van der Waals surface area contributed by atoms with Crippen molar-refractivity contribution in [2.75, 3.05) is 0 Å². The van der Waals surface area contributed by atoms with E-state index in [1.807, 2.05) is 36.4 Å². The molecule has 0 atom stereocenters. The molecule has 3 rings (SSSR count). The average molecular weight is 293 g/mol. The molecule has 0 saturated carbocycles. The average Bonchev–Trinajstić information content (AvgIpc) is 3.01. The van der Waals surface area contributed by atoms with Crippen LogP contribution >= 0.6 is 0 Å². The van der Waals surface area contributed by atoms with E-state index in [-0.39, 0.29) is 5.91 Å². The van der Waals surface area contributed by atoms with Crippen molar-refractivity contribution < 1.29 is 4.79 Å². The monoisotopic (exact) mass is 293 g/mol. The summed E-state index contributed by atoms with van der Waals surface area (Å²) in [6.45, 7) is 6.29. The lowest BCUT2D eigenvalue weighted by Crippen LogP contribution is -2.13. The van der Waals surface area contributed by atoms with Crippen LogP contribution in [-0.2, 0) is 11.2 Å². The highest BCUT2D eigenvalue weighted by atomic mass is 16.2. The minimum Gasteiger partial charge on any atom is -0.359 e. The number of hydrogen-bond acceptors (Lipinski definition) is 2. The van der Waals surface area contributed by atoms with Gasteiger partial charge in [-0.1, -0.05) is 37.3 Å². The van der Waals surface area contributed by atoms with E-state index in [1.54, 1.807) is 0 Å². The third-order valence-corrected chi connectivity index (χ3v) is 4.09. The van der Waals surface area contributed by atoms with Crippen molar-refractivity contribution in [1.82, 2.24) is 10.4 Å². The lowest BCUT2D eigenvalue weighted by atomic mass is 10.0. The number of aromatic nitrogens is 1.